The molecule has 22 heavy (non-hydrogen) atoms. The molecule has 0 saturated heterocycles. The lowest BCUT2D eigenvalue weighted by Crippen LogP contribution is -2.08. The Kier molecular flexibility index (Phi) is 3.96. The van der Waals surface area contributed by atoms with Crippen LogP contribution in [0.25, 0.3) is 11.0 Å². The first kappa shape index (κ1) is 14.4. The minimum atomic E-state index is 0.451. The summed E-state index contributed by atoms with van der Waals surface area (Å²) in [7, 11) is 0. The molecule has 0 fully saturated rings. The van der Waals surface area contributed by atoms with Crippen LogP contribution in [0, 0.1) is 6.92 Å². The fourth-order valence-electron chi connectivity index (χ4n) is 2.54. The monoisotopic (exact) mass is 292 g/mol. The summed E-state index contributed by atoms with van der Waals surface area (Å²) in [4.78, 5) is 4.71. The van der Waals surface area contributed by atoms with Crippen LogP contribution in [0.2, 0.25) is 0 Å². The minimum Gasteiger partial charge on any atom is -0.485 e. The van der Waals surface area contributed by atoms with Gasteiger partial charge in [0.25, 0.3) is 0 Å². The number of hydrogen-bond donors (Lipinski definition) is 0. The van der Waals surface area contributed by atoms with Crippen molar-refractivity contribution in [1.82, 2.24) is 9.55 Å². The van der Waals surface area contributed by atoms with Crippen molar-refractivity contribution in [2.45, 2.75) is 27.0 Å². The van der Waals surface area contributed by atoms with Gasteiger partial charge in [-0.05, 0) is 37.6 Å². The van der Waals surface area contributed by atoms with Crippen molar-refractivity contribution in [2.75, 3.05) is 0 Å². The number of para-hydroxylation sites is 3. The Labute approximate surface area is 130 Å². The van der Waals surface area contributed by atoms with E-state index in [-0.39, 0.29) is 0 Å². The molecule has 3 rings (SSSR count). The molecular formula is C19H20N2O. The lowest BCUT2D eigenvalue weighted by molar-refractivity contribution is 0.289. The highest BCUT2D eigenvalue weighted by Crippen LogP contribution is 2.21. The average Bonchev–Trinajstić information content (AvgIpc) is 2.84. The van der Waals surface area contributed by atoms with E-state index < -0.39 is 0 Å². The van der Waals surface area contributed by atoms with E-state index >= 15 is 0 Å². The number of hydrogen-bond acceptors (Lipinski definition) is 2. The van der Waals surface area contributed by atoms with Gasteiger partial charge in [-0.15, -0.1) is 0 Å². The van der Waals surface area contributed by atoms with E-state index in [1.807, 2.05) is 56.3 Å². The summed E-state index contributed by atoms with van der Waals surface area (Å²) in [6, 6.07) is 16.2. The maximum absolute atomic E-state index is 5.96. The van der Waals surface area contributed by atoms with E-state index in [4.69, 9.17) is 9.72 Å². The normalized spacial score (nSPS) is 10.8. The van der Waals surface area contributed by atoms with Crippen LogP contribution in [0.3, 0.4) is 0 Å². The molecule has 0 saturated carbocycles. The summed E-state index contributed by atoms with van der Waals surface area (Å²) in [5.74, 6) is 1.82. The van der Waals surface area contributed by atoms with Gasteiger partial charge in [0.2, 0.25) is 0 Å². The zero-order valence-electron chi connectivity index (χ0n) is 13.0. The van der Waals surface area contributed by atoms with Gasteiger partial charge in [-0.1, -0.05) is 42.5 Å². The largest absolute Gasteiger partial charge is 0.485 e. The molecule has 0 aliphatic heterocycles. The van der Waals surface area contributed by atoms with Crippen LogP contribution >= 0.6 is 0 Å². The van der Waals surface area contributed by atoms with Gasteiger partial charge in [0.05, 0.1) is 11.0 Å². The molecule has 3 heteroatoms. The molecule has 0 aliphatic rings. The van der Waals surface area contributed by atoms with Crippen molar-refractivity contribution < 1.29 is 4.74 Å². The lowest BCUT2D eigenvalue weighted by Gasteiger charge is -2.11. The Morgan fingerprint density at radius 3 is 2.64 bits per heavy atom. The van der Waals surface area contributed by atoms with Crippen molar-refractivity contribution >= 4 is 11.0 Å². The number of fused-ring (bicyclic) bond motifs is 1. The Hall–Kier alpha value is -2.55. The first-order chi connectivity index (χ1) is 10.6. The standard InChI is InChI=1S/C19H20N2O/c1-14(2)12-21-17-10-6-5-9-16(17)20-19(21)13-22-18-11-7-4-8-15(18)3/h4-11H,1,12-13H2,2-3H3. The minimum absolute atomic E-state index is 0.451. The number of rotatable bonds is 5. The fourth-order valence-corrected chi connectivity index (χ4v) is 2.54. The van der Waals surface area contributed by atoms with Crippen LogP contribution in [-0.2, 0) is 13.2 Å². The molecule has 112 valence electrons. The number of nitrogens with zero attached hydrogens (tertiary/aromatic N) is 2. The second-order valence-corrected chi connectivity index (χ2v) is 5.61. The zero-order valence-corrected chi connectivity index (χ0v) is 13.0. The maximum atomic E-state index is 5.96. The summed E-state index contributed by atoms with van der Waals surface area (Å²) in [6.45, 7) is 9.31. The van der Waals surface area contributed by atoms with E-state index in [9.17, 15) is 0 Å². The fraction of sp³-hybridized carbons (Fsp3) is 0.211. The van der Waals surface area contributed by atoms with Crippen molar-refractivity contribution in [2.24, 2.45) is 0 Å². The Bertz CT molecular complexity index is 817. The van der Waals surface area contributed by atoms with Gasteiger partial charge >= 0.3 is 0 Å². The van der Waals surface area contributed by atoms with E-state index in [1.54, 1.807) is 0 Å². The molecule has 1 heterocycles. The first-order valence-electron chi connectivity index (χ1n) is 7.42. The van der Waals surface area contributed by atoms with E-state index in [0.717, 1.165) is 40.3 Å². The number of benzene rings is 2. The molecule has 0 atom stereocenters. The van der Waals surface area contributed by atoms with Gasteiger partial charge < -0.3 is 9.30 Å². The summed E-state index contributed by atoms with van der Waals surface area (Å²) in [5.41, 5.74) is 4.34. The van der Waals surface area contributed by atoms with Gasteiger partial charge in [-0.3, -0.25) is 0 Å². The van der Waals surface area contributed by atoms with E-state index in [1.165, 1.54) is 0 Å². The van der Waals surface area contributed by atoms with Crippen molar-refractivity contribution in [3.8, 4) is 5.75 Å². The Morgan fingerprint density at radius 1 is 1.14 bits per heavy atom. The third kappa shape index (κ3) is 2.89. The van der Waals surface area contributed by atoms with Crippen LogP contribution in [0.5, 0.6) is 5.75 Å². The van der Waals surface area contributed by atoms with Gasteiger partial charge in [-0.2, -0.15) is 0 Å². The molecule has 0 N–H and O–H groups in total. The molecule has 1 aromatic heterocycles. The number of aromatic nitrogens is 2. The van der Waals surface area contributed by atoms with Crippen molar-refractivity contribution in [3.63, 3.8) is 0 Å². The molecule has 0 unspecified atom stereocenters. The SMILES string of the molecule is C=C(C)Cn1c(COc2ccccc2C)nc2ccccc21. The molecule has 2 aromatic carbocycles. The second kappa shape index (κ2) is 6.06. The quantitative estimate of drug-likeness (QED) is 0.647. The zero-order chi connectivity index (χ0) is 15.5. The lowest BCUT2D eigenvalue weighted by atomic mass is 10.2. The number of imidazole rings is 1. The summed E-state index contributed by atoms with van der Waals surface area (Å²) in [6.07, 6.45) is 0. The summed E-state index contributed by atoms with van der Waals surface area (Å²) in [5, 5.41) is 0. The van der Waals surface area contributed by atoms with Crippen LogP contribution in [0.15, 0.2) is 60.7 Å². The molecule has 0 aliphatic carbocycles. The predicted octanol–water partition coefficient (Wildman–Crippen LogP) is 4.50. The highest BCUT2D eigenvalue weighted by molar-refractivity contribution is 5.76. The van der Waals surface area contributed by atoms with Crippen LogP contribution in [0.4, 0.5) is 0 Å². The topological polar surface area (TPSA) is 27.1 Å². The summed E-state index contributed by atoms with van der Waals surface area (Å²) < 4.78 is 8.14. The smallest absolute Gasteiger partial charge is 0.148 e. The van der Waals surface area contributed by atoms with Crippen LogP contribution < -0.4 is 4.74 Å². The number of aryl methyl sites for hydroxylation is 1. The molecule has 3 nitrogen and oxygen atoms in total. The molecule has 3 aromatic rings. The van der Waals surface area contributed by atoms with Crippen LogP contribution in [0.1, 0.15) is 18.3 Å². The van der Waals surface area contributed by atoms with E-state index in [0.29, 0.717) is 6.61 Å². The Morgan fingerprint density at radius 2 is 1.86 bits per heavy atom. The van der Waals surface area contributed by atoms with Gasteiger partial charge in [-0.25, -0.2) is 4.98 Å². The molecular weight excluding hydrogens is 272 g/mol. The molecule has 0 bridgehead atoms. The molecule has 0 radical (unpaired) electrons. The summed E-state index contributed by atoms with van der Waals surface area (Å²) >= 11 is 0. The van der Waals surface area contributed by atoms with Gasteiger partial charge in [0, 0.05) is 6.54 Å². The third-order valence-electron chi connectivity index (χ3n) is 3.61. The van der Waals surface area contributed by atoms with Crippen molar-refractivity contribution in [1.29, 1.82) is 0 Å². The molecule has 0 spiro atoms. The third-order valence-corrected chi connectivity index (χ3v) is 3.61. The highest BCUT2D eigenvalue weighted by atomic mass is 16.5. The predicted molar refractivity (Wildman–Crippen MR) is 90.1 cm³/mol. The number of ether oxygens (including phenoxy) is 1. The molecule has 0 amide bonds. The van der Waals surface area contributed by atoms with Crippen LogP contribution in [-0.4, -0.2) is 9.55 Å². The number of allylic oxidation sites excluding steroid dienone is 1. The second-order valence-electron chi connectivity index (χ2n) is 5.61. The van der Waals surface area contributed by atoms with E-state index in [2.05, 4.69) is 17.2 Å². The van der Waals surface area contributed by atoms with Gasteiger partial charge in [0.15, 0.2) is 0 Å². The maximum Gasteiger partial charge on any atom is 0.148 e. The first-order valence-corrected chi connectivity index (χ1v) is 7.42. The average molecular weight is 292 g/mol. The van der Waals surface area contributed by atoms with Gasteiger partial charge in [0.1, 0.15) is 18.2 Å². The Balaban J connectivity index is 1.92. The van der Waals surface area contributed by atoms with Crippen molar-refractivity contribution in [3.05, 3.63) is 72.1 Å². The highest BCUT2D eigenvalue weighted by Gasteiger charge is 2.11.